The van der Waals surface area contributed by atoms with Crippen LogP contribution in [0.25, 0.3) is 0 Å². The van der Waals surface area contributed by atoms with E-state index in [1.165, 1.54) is 18.2 Å². The van der Waals surface area contributed by atoms with Crippen molar-refractivity contribution in [1.82, 2.24) is 0 Å². The molecule has 4 heteroatoms. The first-order valence-corrected chi connectivity index (χ1v) is 8.36. The highest BCUT2D eigenvalue weighted by atomic mass is 35.5. The van der Waals surface area contributed by atoms with E-state index in [9.17, 15) is 9.18 Å². The number of hydrogen-bond donors (Lipinski definition) is 1. The fourth-order valence-electron chi connectivity index (χ4n) is 2.78. The Morgan fingerprint density at radius 2 is 1.48 bits per heavy atom. The van der Waals surface area contributed by atoms with Crippen molar-refractivity contribution in [2.24, 2.45) is 0 Å². The summed E-state index contributed by atoms with van der Waals surface area (Å²) in [5.74, 6) is -0.878. The average molecular weight is 354 g/mol. The molecule has 0 saturated heterocycles. The summed E-state index contributed by atoms with van der Waals surface area (Å²) in [5.41, 5.74) is 2.17. The lowest BCUT2D eigenvalue weighted by atomic mass is 9.88. The van der Waals surface area contributed by atoms with E-state index in [2.05, 4.69) is 5.32 Å². The van der Waals surface area contributed by atoms with Crippen LogP contribution in [0.15, 0.2) is 78.9 Å². The van der Waals surface area contributed by atoms with Crippen molar-refractivity contribution in [2.75, 3.05) is 5.32 Å². The molecule has 0 aromatic heterocycles. The number of anilines is 1. The predicted molar refractivity (Wildman–Crippen MR) is 99.4 cm³/mol. The standard InChI is InChI=1S/C21H17ClFNO/c22-17-11-12-19(23)20(13-17)24-21(25)14-18(15-7-3-1-4-8-15)16-9-5-2-6-10-16/h1-13,18H,14H2,(H,24,25). The summed E-state index contributed by atoms with van der Waals surface area (Å²) >= 11 is 5.88. The number of hydrogen-bond acceptors (Lipinski definition) is 1. The molecular formula is C21H17ClFNO. The fraction of sp³-hybridized carbons (Fsp3) is 0.0952. The van der Waals surface area contributed by atoms with Gasteiger partial charge in [0, 0.05) is 17.4 Å². The summed E-state index contributed by atoms with van der Waals surface area (Å²) in [6.07, 6.45) is 0.208. The molecule has 0 saturated carbocycles. The minimum Gasteiger partial charge on any atom is -0.324 e. The van der Waals surface area contributed by atoms with Gasteiger partial charge in [0.15, 0.2) is 0 Å². The molecule has 3 aromatic carbocycles. The molecule has 0 aliphatic rings. The number of nitrogens with one attached hydrogen (secondary N) is 1. The summed E-state index contributed by atoms with van der Waals surface area (Å²) < 4.78 is 13.8. The minimum atomic E-state index is -0.506. The number of amides is 1. The molecule has 0 aliphatic heterocycles. The third kappa shape index (κ3) is 4.46. The van der Waals surface area contributed by atoms with Crippen LogP contribution < -0.4 is 5.32 Å². The van der Waals surface area contributed by atoms with Crippen LogP contribution in [0.4, 0.5) is 10.1 Å². The normalized spacial score (nSPS) is 10.7. The highest BCUT2D eigenvalue weighted by Gasteiger charge is 2.19. The zero-order valence-electron chi connectivity index (χ0n) is 13.5. The lowest BCUT2D eigenvalue weighted by Gasteiger charge is -2.18. The summed E-state index contributed by atoms with van der Waals surface area (Å²) in [6, 6.07) is 23.7. The first kappa shape index (κ1) is 17.2. The Morgan fingerprint density at radius 3 is 2.04 bits per heavy atom. The molecule has 2 nitrogen and oxygen atoms in total. The Balaban J connectivity index is 1.83. The van der Waals surface area contributed by atoms with Crippen molar-refractivity contribution in [3.8, 4) is 0 Å². The van der Waals surface area contributed by atoms with Gasteiger partial charge in [0.1, 0.15) is 5.82 Å². The van der Waals surface area contributed by atoms with Gasteiger partial charge in [-0.25, -0.2) is 4.39 Å². The van der Waals surface area contributed by atoms with Gasteiger partial charge in [0.2, 0.25) is 5.91 Å². The number of carbonyl (C=O) groups excluding carboxylic acids is 1. The van der Waals surface area contributed by atoms with Gasteiger partial charge in [-0.05, 0) is 29.3 Å². The molecule has 0 fully saturated rings. The van der Waals surface area contributed by atoms with Gasteiger partial charge in [0.05, 0.1) is 5.69 Å². The second-order valence-electron chi connectivity index (χ2n) is 5.75. The largest absolute Gasteiger partial charge is 0.324 e. The summed E-state index contributed by atoms with van der Waals surface area (Å²) in [7, 11) is 0. The molecule has 25 heavy (non-hydrogen) atoms. The van der Waals surface area contributed by atoms with Crippen LogP contribution in [-0.2, 0) is 4.79 Å². The fourth-order valence-corrected chi connectivity index (χ4v) is 2.95. The Labute approximate surface area is 151 Å². The molecule has 0 bridgehead atoms. The molecule has 126 valence electrons. The zero-order chi connectivity index (χ0) is 17.6. The molecule has 0 radical (unpaired) electrons. The summed E-state index contributed by atoms with van der Waals surface area (Å²) in [6.45, 7) is 0. The van der Waals surface area contributed by atoms with Crippen molar-refractivity contribution in [1.29, 1.82) is 0 Å². The van der Waals surface area contributed by atoms with Crippen LogP contribution in [0, 0.1) is 5.82 Å². The monoisotopic (exact) mass is 353 g/mol. The predicted octanol–water partition coefficient (Wildman–Crippen LogP) is 5.64. The van der Waals surface area contributed by atoms with Crippen LogP contribution >= 0.6 is 11.6 Å². The summed E-state index contributed by atoms with van der Waals surface area (Å²) in [4.78, 5) is 12.5. The first-order valence-electron chi connectivity index (χ1n) is 7.98. The maximum Gasteiger partial charge on any atom is 0.225 e. The van der Waals surface area contributed by atoms with E-state index in [1.807, 2.05) is 60.7 Å². The molecule has 0 aliphatic carbocycles. The first-order chi connectivity index (χ1) is 12.1. The highest BCUT2D eigenvalue weighted by Crippen LogP contribution is 2.29. The highest BCUT2D eigenvalue weighted by molar-refractivity contribution is 6.30. The van der Waals surface area contributed by atoms with Crippen LogP contribution in [0.1, 0.15) is 23.5 Å². The number of benzene rings is 3. The molecule has 0 unspecified atom stereocenters. The van der Waals surface area contributed by atoms with E-state index in [0.29, 0.717) is 5.02 Å². The molecule has 1 N–H and O–H groups in total. The Hall–Kier alpha value is -2.65. The van der Waals surface area contributed by atoms with Gasteiger partial charge >= 0.3 is 0 Å². The van der Waals surface area contributed by atoms with Crippen LogP contribution in [0.5, 0.6) is 0 Å². The lowest BCUT2D eigenvalue weighted by molar-refractivity contribution is -0.116. The van der Waals surface area contributed by atoms with E-state index >= 15 is 0 Å². The van der Waals surface area contributed by atoms with Crippen molar-refractivity contribution in [3.05, 3.63) is 101 Å². The lowest BCUT2D eigenvalue weighted by Crippen LogP contribution is -2.17. The Morgan fingerprint density at radius 1 is 0.920 bits per heavy atom. The van der Waals surface area contributed by atoms with E-state index < -0.39 is 5.82 Å². The maximum atomic E-state index is 13.8. The van der Waals surface area contributed by atoms with E-state index in [0.717, 1.165) is 11.1 Å². The zero-order valence-corrected chi connectivity index (χ0v) is 14.2. The molecule has 1 amide bonds. The molecule has 0 spiro atoms. The van der Waals surface area contributed by atoms with E-state index in [4.69, 9.17) is 11.6 Å². The molecule has 0 heterocycles. The number of carbonyl (C=O) groups is 1. The minimum absolute atomic E-state index is 0.0948. The van der Waals surface area contributed by atoms with Crippen LogP contribution in [0.3, 0.4) is 0 Å². The van der Waals surface area contributed by atoms with Crippen LogP contribution in [-0.4, -0.2) is 5.91 Å². The smallest absolute Gasteiger partial charge is 0.225 e. The van der Waals surface area contributed by atoms with E-state index in [-0.39, 0.29) is 23.9 Å². The third-order valence-corrected chi connectivity index (χ3v) is 4.23. The van der Waals surface area contributed by atoms with Gasteiger partial charge in [0.25, 0.3) is 0 Å². The van der Waals surface area contributed by atoms with Crippen LogP contribution in [0.2, 0.25) is 5.02 Å². The maximum absolute atomic E-state index is 13.8. The molecule has 3 rings (SSSR count). The number of rotatable bonds is 5. The second-order valence-corrected chi connectivity index (χ2v) is 6.19. The Kier molecular flexibility index (Phi) is 5.46. The van der Waals surface area contributed by atoms with E-state index in [1.54, 1.807) is 0 Å². The SMILES string of the molecule is O=C(CC(c1ccccc1)c1ccccc1)Nc1cc(Cl)ccc1F. The second kappa shape index (κ2) is 7.95. The molecular weight excluding hydrogens is 337 g/mol. The topological polar surface area (TPSA) is 29.1 Å². The van der Waals surface area contributed by atoms with Crippen molar-refractivity contribution >= 4 is 23.2 Å². The Bertz CT molecular complexity index is 813. The number of halogens is 2. The quantitative estimate of drug-likeness (QED) is 0.631. The van der Waals surface area contributed by atoms with Gasteiger partial charge in [-0.15, -0.1) is 0 Å². The molecule has 3 aromatic rings. The van der Waals surface area contributed by atoms with Gasteiger partial charge in [-0.1, -0.05) is 72.3 Å². The van der Waals surface area contributed by atoms with Crippen molar-refractivity contribution < 1.29 is 9.18 Å². The average Bonchev–Trinajstić information content (AvgIpc) is 2.64. The third-order valence-electron chi connectivity index (χ3n) is 4.00. The van der Waals surface area contributed by atoms with Gasteiger partial charge in [-0.2, -0.15) is 0 Å². The van der Waals surface area contributed by atoms with Crippen molar-refractivity contribution in [2.45, 2.75) is 12.3 Å². The van der Waals surface area contributed by atoms with Gasteiger partial charge < -0.3 is 5.32 Å². The van der Waals surface area contributed by atoms with Crippen molar-refractivity contribution in [3.63, 3.8) is 0 Å². The summed E-state index contributed by atoms with van der Waals surface area (Å²) in [5, 5.41) is 3.00. The molecule has 0 atom stereocenters. The van der Waals surface area contributed by atoms with Gasteiger partial charge in [-0.3, -0.25) is 4.79 Å².